The van der Waals surface area contributed by atoms with Crippen molar-refractivity contribution in [2.45, 2.75) is 43.9 Å². The van der Waals surface area contributed by atoms with Gasteiger partial charge in [-0.05, 0) is 29.5 Å². The van der Waals surface area contributed by atoms with Crippen LogP contribution in [0.5, 0.6) is 0 Å². The minimum atomic E-state index is -4.76. The Bertz CT molecular complexity index is 517. The fraction of sp³-hybridized carbons (Fsp3) is 0.467. The normalized spacial score (nSPS) is 15.5. The first kappa shape index (κ1) is 17.1. The van der Waals surface area contributed by atoms with Gasteiger partial charge in [-0.3, -0.25) is 0 Å². The van der Waals surface area contributed by atoms with Gasteiger partial charge in [-0.1, -0.05) is 41.9 Å². The highest BCUT2D eigenvalue weighted by Crippen LogP contribution is 2.43. The number of halogens is 4. The number of hydrogen-bond donors (Lipinski definition) is 1. The molecule has 0 aliphatic rings. The maximum absolute atomic E-state index is 13.1. The second-order valence-electron chi connectivity index (χ2n) is 5.48. The van der Waals surface area contributed by atoms with E-state index < -0.39 is 30.0 Å². The molecule has 0 heterocycles. The number of alkyl halides is 3. The average Bonchev–Trinajstić information content (AvgIpc) is 2.27. The van der Waals surface area contributed by atoms with Gasteiger partial charge < -0.3 is 5.11 Å². The van der Waals surface area contributed by atoms with Crippen LogP contribution in [0.2, 0.25) is 0 Å². The lowest BCUT2D eigenvalue weighted by molar-refractivity contribution is -0.264. The molecule has 0 fully saturated rings. The zero-order chi connectivity index (χ0) is 15.6. The summed E-state index contributed by atoms with van der Waals surface area (Å²) in [5.74, 6) is 1.92. The summed E-state index contributed by atoms with van der Waals surface area (Å²) in [6.07, 6.45) is -1.04. The fourth-order valence-corrected chi connectivity index (χ4v) is 2.57. The smallest absolute Gasteiger partial charge is 0.380 e. The van der Waals surface area contributed by atoms with E-state index in [0.29, 0.717) is 5.56 Å². The Kier molecular flexibility index (Phi) is 4.94. The molecular weight excluding hydrogens is 333 g/mol. The number of hydrogen-bond acceptors (Lipinski definition) is 1. The van der Waals surface area contributed by atoms with Gasteiger partial charge in [-0.25, -0.2) is 0 Å². The molecule has 1 rings (SSSR count). The van der Waals surface area contributed by atoms with Crippen molar-refractivity contribution in [2.24, 2.45) is 0 Å². The Labute approximate surface area is 125 Å². The van der Waals surface area contributed by atoms with Crippen LogP contribution in [-0.4, -0.2) is 16.9 Å². The number of benzene rings is 1. The van der Waals surface area contributed by atoms with E-state index in [1.54, 1.807) is 38.1 Å². The van der Waals surface area contributed by atoms with Gasteiger partial charge in [-0.15, -0.1) is 12.3 Å². The summed E-state index contributed by atoms with van der Waals surface area (Å²) in [7, 11) is 0. The van der Waals surface area contributed by atoms with Crippen molar-refractivity contribution in [3.8, 4) is 12.3 Å². The molecule has 1 aromatic carbocycles. The molecule has 0 bridgehead atoms. The predicted molar refractivity (Wildman–Crippen MR) is 76.2 cm³/mol. The molecule has 20 heavy (non-hydrogen) atoms. The highest BCUT2D eigenvalue weighted by molar-refractivity contribution is 9.10. The summed E-state index contributed by atoms with van der Waals surface area (Å²) < 4.78 is 40.0. The van der Waals surface area contributed by atoms with Gasteiger partial charge in [0.05, 0.1) is 0 Å². The van der Waals surface area contributed by atoms with Crippen LogP contribution < -0.4 is 0 Å². The molecule has 1 N–H and O–H groups in total. The van der Waals surface area contributed by atoms with Crippen molar-refractivity contribution in [1.29, 1.82) is 0 Å². The average molecular weight is 349 g/mol. The van der Waals surface area contributed by atoms with E-state index in [1.807, 2.05) is 5.92 Å². The van der Waals surface area contributed by atoms with Crippen LogP contribution >= 0.6 is 15.9 Å². The Hall–Kier alpha value is -0.990. The van der Waals surface area contributed by atoms with Crippen molar-refractivity contribution >= 4 is 15.9 Å². The van der Waals surface area contributed by atoms with E-state index in [1.165, 1.54) is 0 Å². The van der Waals surface area contributed by atoms with E-state index in [9.17, 15) is 18.3 Å². The quantitative estimate of drug-likeness (QED) is 0.798. The molecule has 0 spiro atoms. The molecule has 0 aliphatic carbocycles. The first-order valence-corrected chi connectivity index (χ1v) is 6.80. The minimum absolute atomic E-state index is 0.496. The standard InChI is InChI=1S/C15H16BrF3O/c1-4-8-14(20,15(17,18)19)10-13(2,3)11-6-5-7-12(16)9-11/h1,5-7,9,20H,8,10H2,2-3H3/t14-/m0/s1. The van der Waals surface area contributed by atoms with Crippen LogP contribution in [0.4, 0.5) is 13.2 Å². The summed E-state index contributed by atoms with van der Waals surface area (Å²) in [6, 6.07) is 7.01. The molecule has 0 aliphatic heterocycles. The van der Waals surface area contributed by atoms with E-state index in [0.717, 1.165) is 4.47 Å². The van der Waals surface area contributed by atoms with Gasteiger partial charge >= 0.3 is 6.18 Å². The van der Waals surface area contributed by atoms with Crippen LogP contribution in [0.25, 0.3) is 0 Å². The maximum Gasteiger partial charge on any atom is 0.418 e. The van der Waals surface area contributed by atoms with Gasteiger partial charge in [0.1, 0.15) is 0 Å². The minimum Gasteiger partial charge on any atom is -0.380 e. The number of rotatable bonds is 4. The zero-order valence-electron chi connectivity index (χ0n) is 11.3. The number of terminal acetylenes is 1. The zero-order valence-corrected chi connectivity index (χ0v) is 12.8. The van der Waals surface area contributed by atoms with E-state index >= 15 is 0 Å². The van der Waals surface area contributed by atoms with Crippen LogP contribution in [-0.2, 0) is 5.41 Å². The molecule has 0 saturated heterocycles. The largest absolute Gasteiger partial charge is 0.418 e. The topological polar surface area (TPSA) is 20.2 Å². The second kappa shape index (κ2) is 5.79. The predicted octanol–water partition coefficient (Wildman–Crippen LogP) is 4.43. The SMILES string of the molecule is C#CC[C@](O)(CC(C)(C)c1cccc(Br)c1)C(F)(F)F. The van der Waals surface area contributed by atoms with Gasteiger partial charge in [0.2, 0.25) is 0 Å². The van der Waals surface area contributed by atoms with Crippen molar-refractivity contribution in [3.05, 3.63) is 34.3 Å². The van der Waals surface area contributed by atoms with Gasteiger partial charge in [0.25, 0.3) is 0 Å². The highest BCUT2D eigenvalue weighted by atomic mass is 79.9. The first-order chi connectivity index (χ1) is 9.02. The summed E-state index contributed by atoms with van der Waals surface area (Å²) in [5, 5.41) is 9.93. The van der Waals surface area contributed by atoms with E-state index in [-0.39, 0.29) is 0 Å². The Morgan fingerprint density at radius 1 is 1.30 bits per heavy atom. The van der Waals surface area contributed by atoms with Crippen molar-refractivity contribution in [2.75, 3.05) is 0 Å². The Morgan fingerprint density at radius 2 is 1.90 bits per heavy atom. The molecule has 0 amide bonds. The van der Waals surface area contributed by atoms with E-state index in [4.69, 9.17) is 6.42 Å². The third-order valence-electron chi connectivity index (χ3n) is 3.26. The molecule has 0 aromatic heterocycles. The van der Waals surface area contributed by atoms with E-state index in [2.05, 4.69) is 15.9 Å². The van der Waals surface area contributed by atoms with Gasteiger partial charge in [0, 0.05) is 10.9 Å². The third kappa shape index (κ3) is 3.77. The van der Waals surface area contributed by atoms with Crippen LogP contribution in [0.15, 0.2) is 28.7 Å². The molecule has 1 atom stereocenters. The molecule has 1 aromatic rings. The summed E-state index contributed by atoms with van der Waals surface area (Å²) in [6.45, 7) is 3.31. The lowest BCUT2D eigenvalue weighted by Gasteiger charge is -2.37. The van der Waals surface area contributed by atoms with Gasteiger partial charge in [0.15, 0.2) is 5.60 Å². The van der Waals surface area contributed by atoms with Gasteiger partial charge in [-0.2, -0.15) is 13.2 Å². The lowest BCUT2D eigenvalue weighted by Crippen LogP contribution is -2.48. The molecule has 110 valence electrons. The molecule has 0 unspecified atom stereocenters. The second-order valence-corrected chi connectivity index (χ2v) is 6.40. The molecule has 5 heteroatoms. The van der Waals surface area contributed by atoms with Crippen molar-refractivity contribution in [1.82, 2.24) is 0 Å². The Morgan fingerprint density at radius 3 is 2.35 bits per heavy atom. The van der Waals surface area contributed by atoms with Crippen LogP contribution in [0.1, 0.15) is 32.3 Å². The molecule has 0 saturated carbocycles. The van der Waals surface area contributed by atoms with Crippen LogP contribution in [0.3, 0.4) is 0 Å². The maximum atomic E-state index is 13.1. The summed E-state index contributed by atoms with van der Waals surface area (Å²) >= 11 is 3.29. The number of aliphatic hydroxyl groups is 1. The molecule has 1 nitrogen and oxygen atoms in total. The third-order valence-corrected chi connectivity index (χ3v) is 3.76. The fourth-order valence-electron chi connectivity index (χ4n) is 2.17. The monoisotopic (exact) mass is 348 g/mol. The highest BCUT2D eigenvalue weighted by Gasteiger charge is 2.55. The summed E-state index contributed by atoms with van der Waals surface area (Å²) in [4.78, 5) is 0. The first-order valence-electron chi connectivity index (χ1n) is 6.00. The van der Waals surface area contributed by atoms with Crippen molar-refractivity contribution < 1.29 is 18.3 Å². The molecular formula is C15H16BrF3O. The summed E-state index contributed by atoms with van der Waals surface area (Å²) in [5.41, 5.74) is -3.05. The lowest BCUT2D eigenvalue weighted by atomic mass is 9.74. The van der Waals surface area contributed by atoms with Crippen molar-refractivity contribution in [3.63, 3.8) is 0 Å². The Balaban J connectivity index is 3.13. The molecule has 0 radical (unpaired) electrons. The van der Waals surface area contributed by atoms with Crippen LogP contribution in [0, 0.1) is 12.3 Å².